The Labute approximate surface area is 85.8 Å². The predicted molar refractivity (Wildman–Crippen MR) is 50.6 cm³/mol. The van der Waals surface area contributed by atoms with E-state index in [2.05, 4.69) is 0 Å². The summed E-state index contributed by atoms with van der Waals surface area (Å²) in [5, 5.41) is 0. The Balaban J connectivity index is 3.35. The molecule has 1 unspecified atom stereocenters. The first-order valence-corrected chi connectivity index (χ1v) is 4.37. The van der Waals surface area contributed by atoms with Crippen LogP contribution in [0.3, 0.4) is 0 Å². The molecule has 1 rings (SSSR count). The number of rotatable bonds is 2. The first kappa shape index (κ1) is 11.8. The van der Waals surface area contributed by atoms with Crippen molar-refractivity contribution in [3.05, 3.63) is 29.3 Å². The van der Waals surface area contributed by atoms with Gasteiger partial charge in [-0.05, 0) is 13.0 Å². The zero-order valence-corrected chi connectivity index (χ0v) is 8.43. The van der Waals surface area contributed by atoms with E-state index in [1.54, 1.807) is 6.92 Å². The first-order chi connectivity index (χ1) is 6.88. The van der Waals surface area contributed by atoms with Crippen LogP contribution in [-0.4, -0.2) is 7.11 Å². The third-order valence-corrected chi connectivity index (χ3v) is 2.05. The smallest absolute Gasteiger partial charge is 0.419 e. The first-order valence-electron chi connectivity index (χ1n) is 4.37. The molecule has 2 nitrogen and oxygen atoms in total. The topological polar surface area (TPSA) is 35.2 Å². The molecule has 1 aromatic carbocycles. The van der Waals surface area contributed by atoms with Crippen LogP contribution in [0.15, 0.2) is 18.2 Å². The van der Waals surface area contributed by atoms with Crippen molar-refractivity contribution in [2.24, 2.45) is 5.73 Å². The van der Waals surface area contributed by atoms with E-state index in [0.717, 1.165) is 6.07 Å². The summed E-state index contributed by atoms with van der Waals surface area (Å²) in [5.41, 5.74) is 5.12. The molecule has 2 N–H and O–H groups in total. The third-order valence-electron chi connectivity index (χ3n) is 2.05. The van der Waals surface area contributed by atoms with Gasteiger partial charge in [0.15, 0.2) is 0 Å². The molecule has 0 heterocycles. The molecule has 1 aromatic rings. The highest BCUT2D eigenvalue weighted by molar-refractivity contribution is 5.44. The molecule has 0 spiro atoms. The quantitative estimate of drug-likeness (QED) is 0.830. The van der Waals surface area contributed by atoms with Gasteiger partial charge in [0, 0.05) is 11.6 Å². The molecule has 0 aliphatic carbocycles. The van der Waals surface area contributed by atoms with Crippen molar-refractivity contribution in [1.82, 2.24) is 0 Å². The summed E-state index contributed by atoms with van der Waals surface area (Å²) in [6.45, 7) is 1.61. The molecule has 1 atom stereocenters. The zero-order valence-electron chi connectivity index (χ0n) is 8.43. The van der Waals surface area contributed by atoms with Crippen molar-refractivity contribution >= 4 is 0 Å². The van der Waals surface area contributed by atoms with Gasteiger partial charge in [0.05, 0.1) is 12.7 Å². The minimum atomic E-state index is -4.42. The third kappa shape index (κ3) is 2.41. The van der Waals surface area contributed by atoms with Crippen LogP contribution < -0.4 is 10.5 Å². The second-order valence-electron chi connectivity index (χ2n) is 3.21. The van der Waals surface area contributed by atoms with Crippen LogP contribution in [0.5, 0.6) is 5.75 Å². The summed E-state index contributed by atoms with van der Waals surface area (Å²) in [5.74, 6) is -0.194. The van der Waals surface area contributed by atoms with E-state index in [0.29, 0.717) is 5.56 Å². The Bertz CT molecular complexity index is 347. The van der Waals surface area contributed by atoms with Gasteiger partial charge < -0.3 is 10.5 Å². The Morgan fingerprint density at radius 2 is 1.93 bits per heavy atom. The average molecular weight is 219 g/mol. The van der Waals surface area contributed by atoms with Crippen molar-refractivity contribution in [1.29, 1.82) is 0 Å². The van der Waals surface area contributed by atoms with Crippen LogP contribution >= 0.6 is 0 Å². The zero-order chi connectivity index (χ0) is 11.6. The van der Waals surface area contributed by atoms with E-state index in [9.17, 15) is 13.2 Å². The normalized spacial score (nSPS) is 13.7. The van der Waals surface area contributed by atoms with E-state index < -0.39 is 17.8 Å². The van der Waals surface area contributed by atoms with Crippen molar-refractivity contribution in [2.75, 3.05) is 7.11 Å². The summed E-state index contributed by atoms with van der Waals surface area (Å²) < 4.78 is 42.4. The number of para-hydroxylation sites is 1. The van der Waals surface area contributed by atoms with E-state index in [1.807, 2.05) is 0 Å². The Morgan fingerprint density at radius 3 is 2.33 bits per heavy atom. The van der Waals surface area contributed by atoms with Gasteiger partial charge in [-0.2, -0.15) is 13.2 Å². The van der Waals surface area contributed by atoms with Gasteiger partial charge in [-0.15, -0.1) is 0 Å². The van der Waals surface area contributed by atoms with Crippen LogP contribution in [0.2, 0.25) is 0 Å². The molecule has 5 heteroatoms. The standard InChI is InChI=1S/C10H12F3NO/c1-6(14)7-4-3-5-8(9(7)15-2)10(11,12)13/h3-6H,14H2,1-2H3. The molecular formula is C10H12F3NO. The maximum Gasteiger partial charge on any atom is 0.419 e. The summed E-state index contributed by atoms with van der Waals surface area (Å²) in [7, 11) is 1.20. The van der Waals surface area contributed by atoms with Crippen LogP contribution in [0.1, 0.15) is 24.1 Å². The number of hydrogen-bond donors (Lipinski definition) is 1. The molecule has 15 heavy (non-hydrogen) atoms. The highest BCUT2D eigenvalue weighted by atomic mass is 19.4. The van der Waals surface area contributed by atoms with Crippen molar-refractivity contribution < 1.29 is 17.9 Å². The van der Waals surface area contributed by atoms with Gasteiger partial charge in [-0.3, -0.25) is 0 Å². The number of ether oxygens (including phenoxy) is 1. The van der Waals surface area contributed by atoms with Gasteiger partial charge in [-0.25, -0.2) is 0 Å². The Hall–Kier alpha value is -1.23. The fourth-order valence-corrected chi connectivity index (χ4v) is 1.36. The second kappa shape index (κ2) is 4.10. The molecule has 0 radical (unpaired) electrons. The molecule has 0 saturated carbocycles. The summed E-state index contributed by atoms with van der Waals surface area (Å²) in [6, 6.07) is 3.33. The molecule has 0 amide bonds. The highest BCUT2D eigenvalue weighted by Crippen LogP contribution is 2.39. The van der Waals surface area contributed by atoms with Gasteiger partial charge in [-0.1, -0.05) is 12.1 Å². The maximum atomic E-state index is 12.6. The van der Waals surface area contributed by atoms with Crippen LogP contribution in [0.25, 0.3) is 0 Å². The largest absolute Gasteiger partial charge is 0.496 e. The summed E-state index contributed by atoms with van der Waals surface area (Å²) >= 11 is 0. The Morgan fingerprint density at radius 1 is 1.33 bits per heavy atom. The van der Waals surface area contributed by atoms with Gasteiger partial charge in [0.1, 0.15) is 5.75 Å². The number of methoxy groups -OCH3 is 1. The predicted octanol–water partition coefficient (Wildman–Crippen LogP) is 2.73. The molecule has 84 valence electrons. The minimum absolute atomic E-state index is 0.194. The van der Waals surface area contributed by atoms with Crippen LogP contribution in [0.4, 0.5) is 13.2 Å². The fourth-order valence-electron chi connectivity index (χ4n) is 1.36. The lowest BCUT2D eigenvalue weighted by Crippen LogP contribution is -2.13. The number of benzene rings is 1. The molecule has 0 saturated heterocycles. The highest BCUT2D eigenvalue weighted by Gasteiger charge is 2.35. The maximum absolute atomic E-state index is 12.6. The van der Waals surface area contributed by atoms with E-state index in [4.69, 9.17) is 10.5 Å². The number of halogens is 3. The lowest BCUT2D eigenvalue weighted by atomic mass is 10.0. The lowest BCUT2D eigenvalue weighted by Gasteiger charge is -2.17. The molecular weight excluding hydrogens is 207 g/mol. The van der Waals surface area contributed by atoms with Crippen molar-refractivity contribution in [3.8, 4) is 5.75 Å². The summed E-state index contributed by atoms with van der Waals surface area (Å²) in [4.78, 5) is 0. The molecule has 0 fully saturated rings. The summed E-state index contributed by atoms with van der Waals surface area (Å²) in [6.07, 6.45) is -4.42. The van der Waals surface area contributed by atoms with Crippen molar-refractivity contribution in [3.63, 3.8) is 0 Å². The van der Waals surface area contributed by atoms with E-state index in [1.165, 1.54) is 19.2 Å². The lowest BCUT2D eigenvalue weighted by molar-refractivity contribution is -0.138. The number of hydrogen-bond acceptors (Lipinski definition) is 2. The minimum Gasteiger partial charge on any atom is -0.496 e. The Kier molecular flexibility index (Phi) is 3.24. The van der Waals surface area contributed by atoms with Gasteiger partial charge >= 0.3 is 6.18 Å². The molecule has 0 aromatic heterocycles. The average Bonchev–Trinajstić information content (AvgIpc) is 2.15. The molecule has 0 aliphatic rings. The number of nitrogens with two attached hydrogens (primary N) is 1. The second-order valence-corrected chi connectivity index (χ2v) is 3.21. The molecule has 0 aliphatic heterocycles. The van der Waals surface area contributed by atoms with Crippen LogP contribution in [0, 0.1) is 0 Å². The van der Waals surface area contributed by atoms with E-state index in [-0.39, 0.29) is 5.75 Å². The van der Waals surface area contributed by atoms with E-state index >= 15 is 0 Å². The monoisotopic (exact) mass is 219 g/mol. The fraction of sp³-hybridized carbons (Fsp3) is 0.400. The van der Waals surface area contributed by atoms with Crippen LogP contribution in [-0.2, 0) is 6.18 Å². The molecule has 0 bridgehead atoms. The van der Waals surface area contributed by atoms with Gasteiger partial charge in [0.2, 0.25) is 0 Å². The van der Waals surface area contributed by atoms with Crippen molar-refractivity contribution in [2.45, 2.75) is 19.1 Å². The SMILES string of the molecule is COc1c(C(C)N)cccc1C(F)(F)F. The number of alkyl halides is 3. The van der Waals surface area contributed by atoms with Gasteiger partial charge in [0.25, 0.3) is 0 Å².